The lowest BCUT2D eigenvalue weighted by Gasteiger charge is -2.31. The lowest BCUT2D eigenvalue weighted by molar-refractivity contribution is -0.136. The van der Waals surface area contributed by atoms with Crippen molar-refractivity contribution in [2.45, 2.75) is 31.6 Å². The number of likely N-dealkylation sites (tertiary alicyclic amines) is 1. The number of aryl methyl sites for hydroxylation is 1. The molecule has 7 heteroatoms. The molecule has 1 fully saturated rings. The third kappa shape index (κ3) is 5.56. The van der Waals surface area contributed by atoms with Crippen molar-refractivity contribution in [2.75, 3.05) is 18.8 Å². The number of benzene rings is 1. The Morgan fingerprint density at radius 2 is 1.92 bits per heavy atom. The van der Waals surface area contributed by atoms with Crippen LogP contribution in [-0.4, -0.2) is 41.5 Å². The third-order valence-electron chi connectivity index (χ3n) is 3.95. The largest absolute Gasteiger partial charge is 0.342 e. The highest BCUT2D eigenvalue weighted by Crippen LogP contribution is 2.18. The molecular weight excluding hydrogens is 326 g/mol. The van der Waals surface area contributed by atoms with Gasteiger partial charge in [0.05, 0.1) is 11.7 Å². The Hall–Kier alpha value is -2.02. The van der Waals surface area contributed by atoms with Crippen molar-refractivity contribution in [1.29, 1.82) is 0 Å². The Bertz CT molecular complexity index is 604. The minimum absolute atomic E-state index is 0.0222. The van der Waals surface area contributed by atoms with E-state index in [1.807, 2.05) is 31.2 Å². The van der Waals surface area contributed by atoms with Crippen LogP contribution in [0.25, 0.3) is 0 Å². The molecule has 1 aliphatic rings. The summed E-state index contributed by atoms with van der Waals surface area (Å²) < 4.78 is 0. The summed E-state index contributed by atoms with van der Waals surface area (Å²) >= 11 is 1.41. The number of nitrogens with one attached hydrogen (secondary N) is 2. The second-order valence-electron chi connectivity index (χ2n) is 5.94. The van der Waals surface area contributed by atoms with E-state index in [0.717, 1.165) is 17.7 Å². The molecule has 1 saturated heterocycles. The van der Waals surface area contributed by atoms with Gasteiger partial charge in [-0.05, 0) is 31.9 Å². The zero-order valence-electron chi connectivity index (χ0n) is 14.0. The van der Waals surface area contributed by atoms with Crippen molar-refractivity contribution in [3.63, 3.8) is 0 Å². The number of nitrogens with zero attached hydrogens (tertiary/aromatic N) is 1. The molecule has 24 heavy (non-hydrogen) atoms. The summed E-state index contributed by atoms with van der Waals surface area (Å²) in [6.07, 6.45) is 1.53. The Morgan fingerprint density at radius 1 is 1.21 bits per heavy atom. The zero-order chi connectivity index (χ0) is 17.5. The van der Waals surface area contributed by atoms with Crippen LogP contribution >= 0.6 is 11.8 Å². The molecule has 1 atom stereocenters. The molecule has 0 saturated carbocycles. The number of carbonyl (C=O) groups is 3. The van der Waals surface area contributed by atoms with E-state index in [1.54, 1.807) is 4.90 Å². The molecule has 1 aromatic carbocycles. The maximum atomic E-state index is 12.1. The molecule has 130 valence electrons. The van der Waals surface area contributed by atoms with Gasteiger partial charge in [0.1, 0.15) is 0 Å². The summed E-state index contributed by atoms with van der Waals surface area (Å²) in [6, 6.07) is 7.91. The fraction of sp³-hybridized carbons (Fsp3) is 0.471. The fourth-order valence-electron chi connectivity index (χ4n) is 2.53. The molecule has 2 rings (SSSR count). The minimum atomic E-state index is -0.271. The van der Waals surface area contributed by atoms with Crippen LogP contribution in [0.2, 0.25) is 0 Å². The number of rotatable bonds is 4. The molecule has 2 N–H and O–H groups in total. The maximum Gasteiger partial charge on any atom is 0.248 e. The average molecular weight is 349 g/mol. The molecule has 0 radical (unpaired) electrons. The van der Waals surface area contributed by atoms with Crippen LogP contribution in [0, 0.1) is 12.8 Å². The monoisotopic (exact) mass is 349 g/mol. The highest BCUT2D eigenvalue weighted by molar-refractivity contribution is 8.00. The van der Waals surface area contributed by atoms with E-state index >= 15 is 0 Å². The van der Waals surface area contributed by atoms with Crippen LogP contribution in [0.4, 0.5) is 0 Å². The maximum absolute atomic E-state index is 12.1. The summed E-state index contributed by atoms with van der Waals surface area (Å²) in [5.41, 5.74) is 6.08. The van der Waals surface area contributed by atoms with Crippen LogP contribution in [0.1, 0.15) is 25.3 Å². The van der Waals surface area contributed by atoms with E-state index in [-0.39, 0.29) is 29.4 Å². The van der Waals surface area contributed by atoms with Crippen LogP contribution in [-0.2, 0) is 14.4 Å². The molecule has 3 amide bonds. The van der Waals surface area contributed by atoms with E-state index in [4.69, 9.17) is 0 Å². The molecule has 1 aliphatic heterocycles. The Kier molecular flexibility index (Phi) is 6.66. The van der Waals surface area contributed by atoms with Gasteiger partial charge < -0.3 is 4.90 Å². The van der Waals surface area contributed by atoms with Gasteiger partial charge in [-0.3, -0.25) is 25.2 Å². The molecule has 1 heterocycles. The van der Waals surface area contributed by atoms with Crippen molar-refractivity contribution in [3.05, 3.63) is 29.8 Å². The van der Waals surface area contributed by atoms with E-state index in [0.29, 0.717) is 13.1 Å². The van der Waals surface area contributed by atoms with Crippen molar-refractivity contribution in [2.24, 2.45) is 5.92 Å². The van der Waals surface area contributed by atoms with E-state index in [2.05, 4.69) is 10.9 Å². The average Bonchev–Trinajstić information content (AvgIpc) is 2.59. The first kappa shape index (κ1) is 18.3. The number of piperidine rings is 1. The van der Waals surface area contributed by atoms with Gasteiger partial charge in [-0.15, -0.1) is 11.8 Å². The molecule has 0 unspecified atom stereocenters. The van der Waals surface area contributed by atoms with Gasteiger partial charge in [-0.2, -0.15) is 0 Å². The fourth-order valence-corrected chi connectivity index (χ4v) is 3.23. The summed E-state index contributed by atoms with van der Waals surface area (Å²) in [4.78, 5) is 38.0. The number of hydrogen-bond donors (Lipinski definition) is 2. The molecule has 0 aliphatic carbocycles. The van der Waals surface area contributed by atoms with Gasteiger partial charge >= 0.3 is 0 Å². The zero-order valence-corrected chi connectivity index (χ0v) is 14.8. The van der Waals surface area contributed by atoms with Crippen molar-refractivity contribution in [1.82, 2.24) is 15.8 Å². The predicted octanol–water partition coefficient (Wildman–Crippen LogP) is 1.49. The number of amides is 3. The van der Waals surface area contributed by atoms with E-state index in [9.17, 15) is 14.4 Å². The van der Waals surface area contributed by atoms with Gasteiger partial charge in [-0.1, -0.05) is 17.7 Å². The smallest absolute Gasteiger partial charge is 0.248 e. The molecule has 0 aromatic heterocycles. The SMILES string of the molecule is CC(=O)N1CCC[C@@H](C(=O)NNC(=O)CSc2ccc(C)cc2)C1. The Morgan fingerprint density at radius 3 is 2.58 bits per heavy atom. The molecule has 1 aromatic rings. The van der Waals surface area contributed by atoms with Crippen LogP contribution in [0.3, 0.4) is 0 Å². The molecule has 0 spiro atoms. The number of carbonyl (C=O) groups excluding carboxylic acids is 3. The van der Waals surface area contributed by atoms with Crippen molar-refractivity contribution < 1.29 is 14.4 Å². The standard InChI is InChI=1S/C17H23N3O3S/c1-12-5-7-15(8-6-12)24-11-16(22)18-19-17(23)14-4-3-9-20(10-14)13(2)21/h5-8,14H,3-4,9-11H2,1-2H3,(H,18,22)(H,19,23)/t14-/m1/s1. The number of hydrogen-bond acceptors (Lipinski definition) is 4. The van der Waals surface area contributed by atoms with Gasteiger partial charge in [0.2, 0.25) is 17.7 Å². The van der Waals surface area contributed by atoms with Crippen molar-refractivity contribution >= 4 is 29.5 Å². The first-order valence-corrected chi connectivity index (χ1v) is 8.98. The van der Waals surface area contributed by atoms with Crippen LogP contribution < -0.4 is 10.9 Å². The molecule has 0 bridgehead atoms. The highest BCUT2D eigenvalue weighted by atomic mass is 32.2. The molecular formula is C17H23N3O3S. The van der Waals surface area contributed by atoms with Crippen molar-refractivity contribution in [3.8, 4) is 0 Å². The molecule has 6 nitrogen and oxygen atoms in total. The first-order valence-electron chi connectivity index (χ1n) is 7.99. The summed E-state index contributed by atoms with van der Waals surface area (Å²) in [7, 11) is 0. The van der Waals surface area contributed by atoms with Crippen LogP contribution in [0.5, 0.6) is 0 Å². The van der Waals surface area contributed by atoms with E-state index in [1.165, 1.54) is 24.2 Å². The topological polar surface area (TPSA) is 78.5 Å². The second-order valence-corrected chi connectivity index (χ2v) is 6.99. The lowest BCUT2D eigenvalue weighted by Crippen LogP contribution is -2.50. The first-order chi connectivity index (χ1) is 11.5. The summed E-state index contributed by atoms with van der Waals surface area (Å²) in [5, 5.41) is 0. The Balaban J connectivity index is 1.71. The van der Waals surface area contributed by atoms with Gasteiger partial charge in [-0.25, -0.2) is 0 Å². The van der Waals surface area contributed by atoms with Gasteiger partial charge in [0.25, 0.3) is 0 Å². The normalized spacial score (nSPS) is 17.2. The van der Waals surface area contributed by atoms with E-state index < -0.39 is 0 Å². The lowest BCUT2D eigenvalue weighted by atomic mass is 9.97. The highest BCUT2D eigenvalue weighted by Gasteiger charge is 2.27. The number of thioether (sulfide) groups is 1. The second kappa shape index (κ2) is 8.73. The summed E-state index contributed by atoms with van der Waals surface area (Å²) in [6.45, 7) is 4.62. The van der Waals surface area contributed by atoms with Gasteiger partial charge in [0, 0.05) is 24.9 Å². The summed E-state index contributed by atoms with van der Waals surface area (Å²) in [5.74, 6) is -0.561. The van der Waals surface area contributed by atoms with Crippen LogP contribution in [0.15, 0.2) is 29.2 Å². The Labute approximate surface area is 146 Å². The minimum Gasteiger partial charge on any atom is -0.342 e. The third-order valence-corrected chi connectivity index (χ3v) is 4.97. The predicted molar refractivity (Wildman–Crippen MR) is 93.2 cm³/mol. The number of hydrazine groups is 1. The quantitative estimate of drug-likeness (QED) is 0.638. The van der Waals surface area contributed by atoms with Gasteiger partial charge in [0.15, 0.2) is 0 Å².